The van der Waals surface area contributed by atoms with Crippen LogP contribution in [0.5, 0.6) is 0 Å². The molecule has 0 aliphatic heterocycles. The van der Waals surface area contributed by atoms with E-state index in [2.05, 4.69) is 0 Å². The Morgan fingerprint density at radius 2 is 1.44 bits per heavy atom. The van der Waals surface area contributed by atoms with Gasteiger partial charge in [0.25, 0.3) is 0 Å². The Morgan fingerprint density at radius 3 is 1.76 bits per heavy atom. The second-order valence-electron chi connectivity index (χ2n) is 6.24. The van der Waals surface area contributed by atoms with Crippen LogP contribution in [0.15, 0.2) is 0 Å². The molecule has 0 amide bonds. The van der Waals surface area contributed by atoms with Crippen molar-refractivity contribution in [3.05, 3.63) is 0 Å². The van der Waals surface area contributed by atoms with E-state index in [0.29, 0.717) is 8.86 Å². The summed E-state index contributed by atoms with van der Waals surface area (Å²) in [6.07, 6.45) is -1.71. The molecule has 0 aromatic heterocycles. The summed E-state index contributed by atoms with van der Waals surface area (Å²) < 4.78 is 88.1. The standard InChI is InChI=1S/C13H24F4I2O5S/c1-11(8-18(2)3,9-19(4)5)10(20)24-7-6-12(14,15)13(16,17)25(21,22)23/h6-9H2,1-5H3,(H,21,22,23). The zero-order valence-electron chi connectivity index (χ0n) is 14.6. The van der Waals surface area contributed by atoms with Crippen LogP contribution < -0.4 is 0 Å². The predicted octanol–water partition coefficient (Wildman–Crippen LogP) is 3.57. The first kappa shape index (κ1) is 25.6. The molecule has 0 aliphatic rings. The number of carbonyl (C=O) groups is 1. The van der Waals surface area contributed by atoms with Gasteiger partial charge in [0.1, 0.15) is 0 Å². The molecule has 0 unspecified atom stereocenters. The van der Waals surface area contributed by atoms with E-state index in [1.54, 1.807) is 6.92 Å². The van der Waals surface area contributed by atoms with Gasteiger partial charge in [0, 0.05) is 0 Å². The number of halogens is 6. The fourth-order valence-corrected chi connectivity index (χ4v) is 11.5. The normalized spacial score (nSPS) is 15.0. The van der Waals surface area contributed by atoms with E-state index in [1.807, 2.05) is 19.7 Å². The summed E-state index contributed by atoms with van der Waals surface area (Å²) in [4.78, 5) is 20.5. The third-order valence-electron chi connectivity index (χ3n) is 3.02. The summed E-state index contributed by atoms with van der Waals surface area (Å²) in [5, 5.41) is -5.65. The Morgan fingerprint density at radius 1 is 1.04 bits per heavy atom. The zero-order valence-corrected chi connectivity index (χ0v) is 19.7. The molecule has 0 aromatic carbocycles. The molecule has 0 radical (unpaired) electrons. The van der Waals surface area contributed by atoms with Gasteiger partial charge in [-0.25, -0.2) is 0 Å². The predicted molar refractivity (Wildman–Crippen MR) is 107 cm³/mol. The molecule has 0 fully saturated rings. The van der Waals surface area contributed by atoms with Crippen LogP contribution in [0.3, 0.4) is 0 Å². The molecule has 0 spiro atoms. The van der Waals surface area contributed by atoms with Gasteiger partial charge < -0.3 is 0 Å². The molecule has 5 nitrogen and oxygen atoms in total. The van der Waals surface area contributed by atoms with Gasteiger partial charge in [-0.2, -0.15) is 0 Å². The van der Waals surface area contributed by atoms with Crippen molar-refractivity contribution in [1.29, 1.82) is 0 Å². The van der Waals surface area contributed by atoms with E-state index < -0.39 is 85.3 Å². The molecule has 0 heterocycles. The number of esters is 1. The molecule has 0 aliphatic carbocycles. The van der Waals surface area contributed by atoms with Crippen LogP contribution >= 0.6 is 39.6 Å². The summed E-state index contributed by atoms with van der Waals surface area (Å²) in [5.74, 6) is -5.78. The number of hydrogen-bond acceptors (Lipinski definition) is 4. The molecule has 12 heteroatoms. The molecular formula is C13H24F4I2O5S. The van der Waals surface area contributed by atoms with Crippen molar-refractivity contribution in [2.45, 2.75) is 24.5 Å². The van der Waals surface area contributed by atoms with Crippen LogP contribution in [-0.2, 0) is 19.6 Å². The summed E-state index contributed by atoms with van der Waals surface area (Å²) in [6, 6.07) is 0. The Kier molecular flexibility index (Phi) is 9.37. The van der Waals surface area contributed by atoms with Gasteiger partial charge in [-0.15, -0.1) is 0 Å². The van der Waals surface area contributed by atoms with Gasteiger partial charge in [-0.05, 0) is 0 Å². The van der Waals surface area contributed by atoms with Crippen molar-refractivity contribution in [2.75, 3.05) is 35.2 Å². The van der Waals surface area contributed by atoms with Crippen LogP contribution in [0, 0.1) is 5.41 Å². The van der Waals surface area contributed by atoms with Crippen molar-refractivity contribution < 1.29 is 40.1 Å². The van der Waals surface area contributed by atoms with Gasteiger partial charge >= 0.3 is 161 Å². The van der Waals surface area contributed by atoms with Crippen LogP contribution in [0.2, 0.25) is 0 Å². The minimum atomic E-state index is -6.28. The monoisotopic (exact) mass is 622 g/mol. The summed E-state index contributed by atoms with van der Waals surface area (Å²) in [7, 11) is -6.28. The second-order valence-corrected chi connectivity index (χ2v) is 19.6. The second kappa shape index (κ2) is 9.17. The quantitative estimate of drug-likeness (QED) is 0.133. The minimum absolute atomic E-state index is 0.614. The van der Waals surface area contributed by atoms with Crippen LogP contribution in [0.4, 0.5) is 17.6 Å². The number of alkyl halides is 10. The molecule has 25 heavy (non-hydrogen) atoms. The van der Waals surface area contributed by atoms with Crippen molar-refractivity contribution in [3.8, 4) is 0 Å². The topological polar surface area (TPSA) is 80.7 Å². The van der Waals surface area contributed by atoms with Gasteiger partial charge in [0.15, 0.2) is 0 Å². The first-order chi connectivity index (χ1) is 11.0. The van der Waals surface area contributed by atoms with Crippen LogP contribution in [0.1, 0.15) is 13.3 Å². The number of rotatable bonds is 10. The first-order valence-electron chi connectivity index (χ1n) is 6.78. The van der Waals surface area contributed by atoms with E-state index in [1.165, 1.54) is 0 Å². The van der Waals surface area contributed by atoms with E-state index in [0.717, 1.165) is 0 Å². The van der Waals surface area contributed by atoms with E-state index in [9.17, 15) is 30.8 Å². The molecule has 0 rings (SSSR count). The maximum absolute atomic E-state index is 13.4. The molecule has 0 saturated heterocycles. The van der Waals surface area contributed by atoms with E-state index in [-0.39, 0.29) is 0 Å². The molecule has 0 atom stereocenters. The SMILES string of the molecule is CI(C)CC(C)(CI(C)C)C(=O)OCCC(F)(F)C(F)(F)S(=O)(=O)O. The third-order valence-corrected chi connectivity index (χ3v) is 10.4. The Bertz CT molecular complexity index is 557. The van der Waals surface area contributed by atoms with Crippen LogP contribution in [0.25, 0.3) is 0 Å². The Labute approximate surface area is 160 Å². The molecule has 0 saturated carbocycles. The van der Waals surface area contributed by atoms with Crippen molar-refractivity contribution in [2.24, 2.45) is 5.41 Å². The van der Waals surface area contributed by atoms with Gasteiger partial charge in [-0.1, -0.05) is 0 Å². The van der Waals surface area contributed by atoms with Gasteiger partial charge in [-0.3, -0.25) is 0 Å². The molecule has 0 bridgehead atoms. The summed E-state index contributed by atoms with van der Waals surface area (Å²) >= 11 is -2.71. The average molecular weight is 622 g/mol. The third kappa shape index (κ3) is 7.24. The van der Waals surface area contributed by atoms with Crippen molar-refractivity contribution in [3.63, 3.8) is 0 Å². The zero-order chi connectivity index (χ0) is 20.3. The molecule has 1 N–H and O–H groups in total. The number of hydrogen-bond donors (Lipinski definition) is 1. The van der Waals surface area contributed by atoms with Crippen molar-refractivity contribution >= 4 is 55.7 Å². The molecule has 154 valence electrons. The Balaban J connectivity index is 5.03. The van der Waals surface area contributed by atoms with Crippen LogP contribution in [-0.4, -0.2) is 65.3 Å². The molecule has 0 aromatic rings. The van der Waals surface area contributed by atoms with Gasteiger partial charge in [0.05, 0.1) is 0 Å². The van der Waals surface area contributed by atoms with Crippen molar-refractivity contribution in [1.82, 2.24) is 0 Å². The maximum atomic E-state index is 13.4. The molecular weight excluding hydrogens is 598 g/mol. The number of ether oxygens (including phenoxy) is 1. The summed E-state index contributed by atoms with van der Waals surface area (Å²) in [6.45, 7) is 0.630. The number of carbonyl (C=O) groups excluding carboxylic acids is 1. The van der Waals surface area contributed by atoms with Gasteiger partial charge in [0.2, 0.25) is 0 Å². The fraction of sp³-hybridized carbons (Fsp3) is 0.923. The average Bonchev–Trinajstić information content (AvgIpc) is 2.34. The Hall–Kier alpha value is 0.560. The first-order valence-corrected chi connectivity index (χ1v) is 19.9. The van der Waals surface area contributed by atoms with E-state index >= 15 is 0 Å². The summed E-state index contributed by atoms with van der Waals surface area (Å²) in [5.41, 5.74) is -0.830. The fourth-order valence-electron chi connectivity index (χ4n) is 2.10. The van der Waals surface area contributed by atoms with E-state index in [4.69, 9.17) is 9.29 Å².